The highest BCUT2D eigenvalue weighted by Crippen LogP contribution is 2.35. The monoisotopic (exact) mass is 495 g/mol. The molecule has 0 radical (unpaired) electrons. The van der Waals surface area contributed by atoms with E-state index in [0.717, 1.165) is 49.4 Å². The molecule has 3 aromatic rings. The fourth-order valence-electron chi connectivity index (χ4n) is 5.70. The summed E-state index contributed by atoms with van der Waals surface area (Å²) < 4.78 is 5.32. The number of aryl methyl sites for hydroxylation is 2. The number of hydrogen-bond donors (Lipinski definition) is 0. The van der Waals surface area contributed by atoms with Gasteiger partial charge < -0.3 is 4.74 Å². The highest BCUT2D eigenvalue weighted by Gasteiger charge is 2.35. The topological polar surface area (TPSA) is 45.1 Å². The number of carbonyl (C=O) groups excluding carboxylic acids is 1. The van der Waals surface area contributed by atoms with Crippen molar-refractivity contribution in [3.05, 3.63) is 101 Å². The van der Waals surface area contributed by atoms with Crippen molar-refractivity contribution in [2.45, 2.75) is 45.6 Å². The molecular formula is C32H37N3O2. The molecule has 2 heterocycles. The Balaban J connectivity index is 1.29. The SMILES string of the molecule is COc1ccc(C2=NN(C(=O)CN3CCC(Cc4ccccc4)CC3)[C@@H](c3ccc(C)cc3C)C2)cc1. The van der Waals surface area contributed by atoms with Gasteiger partial charge in [-0.15, -0.1) is 0 Å². The molecule has 2 aliphatic heterocycles. The van der Waals surface area contributed by atoms with Crippen molar-refractivity contribution in [1.29, 1.82) is 0 Å². The molecule has 5 rings (SSSR count). The van der Waals surface area contributed by atoms with E-state index in [4.69, 9.17) is 9.84 Å². The fourth-order valence-corrected chi connectivity index (χ4v) is 5.70. The second kappa shape index (κ2) is 11.3. The van der Waals surface area contributed by atoms with Gasteiger partial charge in [0, 0.05) is 6.42 Å². The second-order valence-corrected chi connectivity index (χ2v) is 10.5. The number of nitrogens with zero attached hydrogens (tertiary/aromatic N) is 3. The Labute approximate surface area is 220 Å². The minimum absolute atomic E-state index is 0.0787. The number of benzene rings is 3. The number of piperidine rings is 1. The lowest BCUT2D eigenvalue weighted by Gasteiger charge is -2.33. The van der Waals surface area contributed by atoms with Crippen LogP contribution >= 0.6 is 0 Å². The molecule has 0 aliphatic carbocycles. The summed E-state index contributed by atoms with van der Waals surface area (Å²) in [4.78, 5) is 16.0. The number of carbonyl (C=O) groups is 1. The van der Waals surface area contributed by atoms with Crippen LogP contribution in [-0.4, -0.2) is 48.3 Å². The van der Waals surface area contributed by atoms with Gasteiger partial charge in [0.1, 0.15) is 5.75 Å². The van der Waals surface area contributed by atoms with Crippen molar-refractivity contribution in [2.75, 3.05) is 26.7 Å². The zero-order valence-corrected chi connectivity index (χ0v) is 22.2. The number of ether oxygens (including phenoxy) is 1. The Bertz CT molecular complexity index is 1240. The van der Waals surface area contributed by atoms with Gasteiger partial charge in [0.05, 0.1) is 25.4 Å². The molecule has 0 aromatic heterocycles. The largest absolute Gasteiger partial charge is 0.497 e. The molecule has 0 N–H and O–H groups in total. The van der Waals surface area contributed by atoms with Crippen molar-refractivity contribution >= 4 is 11.6 Å². The van der Waals surface area contributed by atoms with Gasteiger partial charge in [-0.1, -0.05) is 54.1 Å². The number of amides is 1. The van der Waals surface area contributed by atoms with Gasteiger partial charge in [-0.25, -0.2) is 5.01 Å². The van der Waals surface area contributed by atoms with Gasteiger partial charge in [-0.2, -0.15) is 5.10 Å². The van der Waals surface area contributed by atoms with E-state index < -0.39 is 0 Å². The number of hydrogen-bond acceptors (Lipinski definition) is 4. The van der Waals surface area contributed by atoms with Gasteiger partial charge in [0.25, 0.3) is 5.91 Å². The number of rotatable bonds is 7. The molecular weight excluding hydrogens is 458 g/mol. The lowest BCUT2D eigenvalue weighted by molar-refractivity contribution is -0.134. The second-order valence-electron chi connectivity index (χ2n) is 10.5. The summed E-state index contributed by atoms with van der Waals surface area (Å²) in [5.41, 5.74) is 7.00. The van der Waals surface area contributed by atoms with E-state index in [2.05, 4.69) is 67.3 Å². The van der Waals surface area contributed by atoms with E-state index >= 15 is 0 Å². The standard InChI is InChI=1S/C32H37N3O2/c1-23-9-14-29(24(2)19-23)31-21-30(27-10-12-28(37-3)13-11-27)33-35(31)32(36)22-34-17-15-26(16-18-34)20-25-7-5-4-6-8-25/h4-14,19,26,31H,15-18,20-22H2,1-3H3/t31-/m1/s1. The van der Waals surface area contributed by atoms with Crippen molar-refractivity contribution < 1.29 is 9.53 Å². The third-order valence-electron chi connectivity index (χ3n) is 7.81. The maximum atomic E-state index is 13.7. The maximum absolute atomic E-state index is 13.7. The molecule has 192 valence electrons. The summed E-state index contributed by atoms with van der Waals surface area (Å²) in [5, 5.41) is 6.66. The lowest BCUT2D eigenvalue weighted by atomic mass is 9.90. The summed E-state index contributed by atoms with van der Waals surface area (Å²) in [6.45, 7) is 6.57. The summed E-state index contributed by atoms with van der Waals surface area (Å²) in [6.07, 6.45) is 4.09. The van der Waals surface area contributed by atoms with E-state index in [-0.39, 0.29) is 11.9 Å². The van der Waals surface area contributed by atoms with Crippen LogP contribution in [0.25, 0.3) is 0 Å². The van der Waals surface area contributed by atoms with Crippen LogP contribution in [0.15, 0.2) is 77.9 Å². The highest BCUT2D eigenvalue weighted by molar-refractivity contribution is 6.03. The van der Waals surface area contributed by atoms with Crippen LogP contribution in [0.1, 0.15) is 53.1 Å². The molecule has 1 fully saturated rings. The average Bonchev–Trinajstić information content (AvgIpc) is 3.36. The Hall–Kier alpha value is -3.44. The van der Waals surface area contributed by atoms with E-state index in [0.29, 0.717) is 18.9 Å². The summed E-state index contributed by atoms with van der Waals surface area (Å²) >= 11 is 0. The zero-order chi connectivity index (χ0) is 25.8. The highest BCUT2D eigenvalue weighted by atomic mass is 16.5. The summed E-state index contributed by atoms with van der Waals surface area (Å²) in [6, 6.07) is 25.1. The molecule has 2 aliphatic rings. The van der Waals surface area contributed by atoms with E-state index in [9.17, 15) is 4.79 Å². The van der Waals surface area contributed by atoms with E-state index in [1.807, 2.05) is 24.3 Å². The summed E-state index contributed by atoms with van der Waals surface area (Å²) in [7, 11) is 1.67. The van der Waals surface area contributed by atoms with Crippen molar-refractivity contribution in [3.8, 4) is 5.75 Å². The normalized spacial score (nSPS) is 18.6. The minimum Gasteiger partial charge on any atom is -0.497 e. The molecule has 0 saturated carbocycles. The molecule has 1 atom stereocenters. The first kappa shape index (κ1) is 25.2. The Morgan fingerprint density at radius 2 is 1.70 bits per heavy atom. The van der Waals surface area contributed by atoms with Gasteiger partial charge in [0.2, 0.25) is 0 Å². The summed E-state index contributed by atoms with van der Waals surface area (Å²) in [5.74, 6) is 1.58. The fraction of sp³-hybridized carbons (Fsp3) is 0.375. The van der Waals surface area contributed by atoms with Crippen LogP contribution in [0.2, 0.25) is 0 Å². The lowest BCUT2D eigenvalue weighted by Crippen LogP contribution is -2.42. The quantitative estimate of drug-likeness (QED) is 0.407. The third kappa shape index (κ3) is 5.94. The van der Waals surface area contributed by atoms with Crippen molar-refractivity contribution in [3.63, 3.8) is 0 Å². The molecule has 1 saturated heterocycles. The zero-order valence-electron chi connectivity index (χ0n) is 22.2. The molecule has 5 nitrogen and oxygen atoms in total. The Kier molecular flexibility index (Phi) is 7.71. The van der Waals surface area contributed by atoms with Gasteiger partial charge in [-0.3, -0.25) is 9.69 Å². The Morgan fingerprint density at radius 3 is 2.38 bits per heavy atom. The van der Waals surface area contributed by atoms with Crippen LogP contribution in [0.3, 0.4) is 0 Å². The van der Waals surface area contributed by atoms with Crippen LogP contribution in [0.5, 0.6) is 5.75 Å². The molecule has 0 unspecified atom stereocenters. The number of methoxy groups -OCH3 is 1. The Morgan fingerprint density at radius 1 is 0.973 bits per heavy atom. The maximum Gasteiger partial charge on any atom is 0.257 e. The first-order chi connectivity index (χ1) is 18.0. The van der Waals surface area contributed by atoms with Crippen LogP contribution in [0.4, 0.5) is 0 Å². The van der Waals surface area contributed by atoms with Gasteiger partial charge in [-0.05, 0) is 98.6 Å². The van der Waals surface area contributed by atoms with Gasteiger partial charge >= 0.3 is 0 Å². The third-order valence-corrected chi connectivity index (χ3v) is 7.81. The van der Waals surface area contributed by atoms with E-state index in [1.54, 1.807) is 12.1 Å². The smallest absolute Gasteiger partial charge is 0.257 e. The molecule has 3 aromatic carbocycles. The minimum atomic E-state index is -0.0826. The predicted octanol–water partition coefficient (Wildman–Crippen LogP) is 5.94. The number of likely N-dealkylation sites (tertiary alicyclic amines) is 1. The van der Waals surface area contributed by atoms with Crippen molar-refractivity contribution in [1.82, 2.24) is 9.91 Å². The molecule has 0 bridgehead atoms. The molecule has 1 amide bonds. The average molecular weight is 496 g/mol. The first-order valence-electron chi connectivity index (χ1n) is 13.4. The van der Waals surface area contributed by atoms with Crippen molar-refractivity contribution in [2.24, 2.45) is 11.0 Å². The van der Waals surface area contributed by atoms with E-state index in [1.165, 1.54) is 22.3 Å². The molecule has 5 heteroatoms. The first-order valence-corrected chi connectivity index (χ1v) is 13.4. The number of hydrazone groups is 1. The van der Waals surface area contributed by atoms with Crippen LogP contribution in [0, 0.1) is 19.8 Å². The van der Waals surface area contributed by atoms with Gasteiger partial charge in [0.15, 0.2) is 0 Å². The van der Waals surface area contributed by atoms with Crippen LogP contribution in [-0.2, 0) is 11.2 Å². The predicted molar refractivity (Wildman–Crippen MR) is 149 cm³/mol. The van der Waals surface area contributed by atoms with Crippen LogP contribution < -0.4 is 4.74 Å². The molecule has 37 heavy (non-hydrogen) atoms. The molecule has 0 spiro atoms.